The minimum absolute atomic E-state index is 0.449. The van der Waals surface area contributed by atoms with E-state index >= 15 is 0 Å². The highest BCUT2D eigenvalue weighted by atomic mass is 19.4. The Balaban J connectivity index is 2.24. The second-order valence-corrected chi connectivity index (χ2v) is 4.25. The van der Waals surface area contributed by atoms with Crippen molar-refractivity contribution in [3.63, 3.8) is 0 Å². The van der Waals surface area contributed by atoms with Gasteiger partial charge in [-0.2, -0.15) is 18.3 Å². The van der Waals surface area contributed by atoms with Gasteiger partial charge < -0.3 is 5.73 Å². The van der Waals surface area contributed by atoms with Crippen LogP contribution in [0.4, 0.5) is 13.2 Å². The fourth-order valence-electron chi connectivity index (χ4n) is 1.78. The number of nitrogens with two attached hydrogens (primary N) is 1. The molecule has 0 saturated carbocycles. The summed E-state index contributed by atoms with van der Waals surface area (Å²) in [6.45, 7) is 0.567. The molecule has 0 bridgehead atoms. The van der Waals surface area contributed by atoms with Crippen LogP contribution in [0.25, 0.3) is 11.3 Å². The summed E-state index contributed by atoms with van der Waals surface area (Å²) in [6, 6.07) is 6.89. The Kier molecular flexibility index (Phi) is 3.90. The third-order valence-corrected chi connectivity index (χ3v) is 2.77. The zero-order chi connectivity index (χ0) is 13.9. The molecule has 19 heavy (non-hydrogen) atoms. The molecule has 102 valence electrons. The van der Waals surface area contributed by atoms with Crippen LogP contribution < -0.4 is 5.73 Å². The van der Waals surface area contributed by atoms with E-state index in [4.69, 9.17) is 5.73 Å². The second-order valence-electron chi connectivity index (χ2n) is 4.25. The van der Waals surface area contributed by atoms with Crippen molar-refractivity contribution in [3.8, 4) is 11.3 Å². The van der Waals surface area contributed by atoms with Crippen LogP contribution in [0.15, 0.2) is 30.3 Å². The van der Waals surface area contributed by atoms with Crippen molar-refractivity contribution in [1.29, 1.82) is 0 Å². The molecular formula is C13H14F3N3. The van der Waals surface area contributed by atoms with Gasteiger partial charge in [0.2, 0.25) is 0 Å². The minimum Gasteiger partial charge on any atom is -0.330 e. The van der Waals surface area contributed by atoms with E-state index in [1.165, 1.54) is 6.07 Å². The molecule has 0 amide bonds. The van der Waals surface area contributed by atoms with Crippen LogP contribution in [0.2, 0.25) is 0 Å². The highest BCUT2D eigenvalue weighted by Gasteiger charge is 2.30. The summed E-state index contributed by atoms with van der Waals surface area (Å²) in [7, 11) is 0. The van der Waals surface area contributed by atoms with Crippen LogP contribution in [0.5, 0.6) is 0 Å². The third kappa shape index (κ3) is 3.35. The molecule has 0 spiro atoms. The first-order valence-electron chi connectivity index (χ1n) is 5.92. The van der Waals surface area contributed by atoms with Crippen LogP contribution in [0.1, 0.15) is 17.7 Å². The Morgan fingerprint density at radius 1 is 1.21 bits per heavy atom. The van der Waals surface area contributed by atoms with E-state index in [0.29, 0.717) is 17.8 Å². The number of aromatic nitrogens is 2. The third-order valence-electron chi connectivity index (χ3n) is 2.77. The molecule has 0 atom stereocenters. The summed E-state index contributed by atoms with van der Waals surface area (Å²) in [6.07, 6.45) is -2.79. The second kappa shape index (κ2) is 5.44. The van der Waals surface area contributed by atoms with E-state index in [-0.39, 0.29) is 0 Å². The fraction of sp³-hybridized carbons (Fsp3) is 0.308. The van der Waals surface area contributed by atoms with Crippen molar-refractivity contribution in [3.05, 3.63) is 41.6 Å². The SMILES string of the molecule is NCCCc1cc(-c2cccc(C(F)(F)F)c2)n[nH]1. The fourth-order valence-corrected chi connectivity index (χ4v) is 1.78. The Labute approximate surface area is 108 Å². The van der Waals surface area contributed by atoms with Gasteiger partial charge in [-0.05, 0) is 37.6 Å². The van der Waals surface area contributed by atoms with E-state index in [9.17, 15) is 13.2 Å². The molecule has 0 aliphatic heterocycles. The Bertz CT molecular complexity index is 546. The summed E-state index contributed by atoms with van der Waals surface area (Å²) >= 11 is 0. The van der Waals surface area contributed by atoms with Crippen LogP contribution in [-0.4, -0.2) is 16.7 Å². The maximum absolute atomic E-state index is 12.6. The first-order valence-corrected chi connectivity index (χ1v) is 5.92. The van der Waals surface area contributed by atoms with Gasteiger partial charge in [0.15, 0.2) is 0 Å². The molecule has 0 radical (unpaired) electrons. The molecule has 0 fully saturated rings. The van der Waals surface area contributed by atoms with E-state index in [2.05, 4.69) is 10.2 Å². The monoisotopic (exact) mass is 269 g/mol. The van der Waals surface area contributed by atoms with Crippen molar-refractivity contribution in [1.82, 2.24) is 10.2 Å². The number of hydrogen-bond acceptors (Lipinski definition) is 2. The highest BCUT2D eigenvalue weighted by molar-refractivity contribution is 5.60. The zero-order valence-electron chi connectivity index (χ0n) is 10.2. The number of benzene rings is 1. The van der Waals surface area contributed by atoms with Gasteiger partial charge in [0, 0.05) is 11.3 Å². The highest BCUT2D eigenvalue weighted by Crippen LogP contribution is 2.31. The van der Waals surface area contributed by atoms with Crippen LogP contribution >= 0.6 is 0 Å². The van der Waals surface area contributed by atoms with Gasteiger partial charge in [-0.15, -0.1) is 0 Å². The number of rotatable bonds is 4. The molecule has 2 aromatic rings. The number of nitrogens with one attached hydrogen (secondary N) is 1. The molecule has 0 saturated heterocycles. The molecular weight excluding hydrogens is 255 g/mol. The van der Waals surface area contributed by atoms with Gasteiger partial charge in [-0.3, -0.25) is 5.10 Å². The zero-order valence-corrected chi connectivity index (χ0v) is 10.2. The number of nitrogens with zero attached hydrogens (tertiary/aromatic N) is 1. The first-order chi connectivity index (χ1) is 9.00. The largest absolute Gasteiger partial charge is 0.416 e. The summed E-state index contributed by atoms with van der Waals surface area (Å²) in [5.41, 5.74) is 6.57. The molecule has 1 aromatic carbocycles. The molecule has 3 nitrogen and oxygen atoms in total. The van der Waals surface area contributed by atoms with E-state index in [0.717, 1.165) is 30.7 Å². The van der Waals surface area contributed by atoms with Crippen molar-refractivity contribution >= 4 is 0 Å². The number of halogens is 3. The van der Waals surface area contributed by atoms with Crippen LogP contribution in [0, 0.1) is 0 Å². The topological polar surface area (TPSA) is 54.7 Å². The molecule has 6 heteroatoms. The summed E-state index contributed by atoms with van der Waals surface area (Å²) in [4.78, 5) is 0. The lowest BCUT2D eigenvalue weighted by Gasteiger charge is -2.07. The normalized spacial score (nSPS) is 11.8. The minimum atomic E-state index is -4.34. The van der Waals surface area contributed by atoms with Crippen molar-refractivity contribution in [2.24, 2.45) is 5.73 Å². The summed E-state index contributed by atoms with van der Waals surface area (Å²) in [5.74, 6) is 0. The standard InChI is InChI=1S/C13H14F3N3/c14-13(15,16)10-4-1-3-9(7-10)12-8-11(18-19-12)5-2-6-17/h1,3-4,7-8H,2,5-6,17H2,(H,18,19). The molecule has 3 N–H and O–H groups in total. The quantitative estimate of drug-likeness (QED) is 0.896. The van der Waals surface area contributed by atoms with Gasteiger partial charge in [0.1, 0.15) is 0 Å². The first kappa shape index (κ1) is 13.6. The predicted octanol–water partition coefficient (Wildman–Crippen LogP) is 2.99. The molecule has 1 heterocycles. The summed E-state index contributed by atoms with van der Waals surface area (Å²) < 4.78 is 37.8. The summed E-state index contributed by atoms with van der Waals surface area (Å²) in [5, 5.41) is 6.84. The lowest BCUT2D eigenvalue weighted by Crippen LogP contribution is -2.04. The van der Waals surface area contributed by atoms with E-state index in [1.54, 1.807) is 12.1 Å². The lowest BCUT2D eigenvalue weighted by atomic mass is 10.1. The smallest absolute Gasteiger partial charge is 0.330 e. The van der Waals surface area contributed by atoms with Crippen LogP contribution in [0.3, 0.4) is 0 Å². The maximum Gasteiger partial charge on any atom is 0.416 e. The number of aryl methyl sites for hydroxylation is 1. The number of alkyl halides is 3. The number of hydrogen-bond donors (Lipinski definition) is 2. The van der Waals surface area contributed by atoms with Crippen molar-refractivity contribution in [2.45, 2.75) is 19.0 Å². The lowest BCUT2D eigenvalue weighted by molar-refractivity contribution is -0.137. The molecule has 0 aliphatic rings. The Morgan fingerprint density at radius 3 is 2.68 bits per heavy atom. The average molecular weight is 269 g/mol. The van der Waals surface area contributed by atoms with Gasteiger partial charge in [-0.1, -0.05) is 12.1 Å². The maximum atomic E-state index is 12.6. The van der Waals surface area contributed by atoms with Gasteiger partial charge in [0.25, 0.3) is 0 Å². The average Bonchev–Trinajstić information content (AvgIpc) is 2.84. The van der Waals surface area contributed by atoms with Crippen molar-refractivity contribution in [2.75, 3.05) is 6.54 Å². The van der Waals surface area contributed by atoms with E-state index < -0.39 is 11.7 Å². The molecule has 0 aliphatic carbocycles. The van der Waals surface area contributed by atoms with Gasteiger partial charge >= 0.3 is 6.18 Å². The predicted molar refractivity (Wildman–Crippen MR) is 66.4 cm³/mol. The van der Waals surface area contributed by atoms with Gasteiger partial charge in [0.05, 0.1) is 11.3 Å². The Hall–Kier alpha value is -1.82. The van der Waals surface area contributed by atoms with E-state index in [1.807, 2.05) is 0 Å². The molecule has 0 unspecified atom stereocenters. The van der Waals surface area contributed by atoms with Crippen molar-refractivity contribution < 1.29 is 13.2 Å². The molecule has 2 rings (SSSR count). The number of H-pyrrole nitrogens is 1. The van der Waals surface area contributed by atoms with Gasteiger partial charge in [-0.25, -0.2) is 0 Å². The number of aromatic amines is 1. The molecule has 1 aromatic heterocycles. The Morgan fingerprint density at radius 2 is 2.00 bits per heavy atom. The van der Waals surface area contributed by atoms with Crippen LogP contribution in [-0.2, 0) is 12.6 Å².